The zero-order valence-corrected chi connectivity index (χ0v) is 24.7. The Hall–Kier alpha value is -3.32. The van der Waals surface area contributed by atoms with Crippen molar-refractivity contribution < 1.29 is 0 Å². The minimum Gasteiger partial charge on any atom is -0.336 e. The second-order valence-corrected chi connectivity index (χ2v) is 13.1. The van der Waals surface area contributed by atoms with Gasteiger partial charge in [-0.25, -0.2) is 0 Å². The van der Waals surface area contributed by atoms with Gasteiger partial charge in [0.05, 0.1) is 0 Å². The molecule has 4 aromatic carbocycles. The maximum atomic E-state index is 2.63. The lowest BCUT2D eigenvalue weighted by Crippen LogP contribution is -2.39. The van der Waals surface area contributed by atoms with Gasteiger partial charge in [0.1, 0.15) is 0 Å². The topological polar surface area (TPSA) is 3.24 Å². The number of hydrogen-bond acceptors (Lipinski definition) is 1. The van der Waals surface area contributed by atoms with Gasteiger partial charge in [0.25, 0.3) is 0 Å². The fraction of sp³-hybridized carbons (Fsp3) is 0.351. The quantitative estimate of drug-likeness (QED) is 0.263. The van der Waals surface area contributed by atoms with Gasteiger partial charge in [-0.1, -0.05) is 108 Å². The Kier molecular flexibility index (Phi) is 6.54. The fourth-order valence-corrected chi connectivity index (χ4v) is 6.30. The van der Waals surface area contributed by atoms with E-state index in [1.54, 1.807) is 0 Å². The normalized spacial score (nSPS) is 14.1. The van der Waals surface area contributed by atoms with Gasteiger partial charge < -0.3 is 4.90 Å². The molecule has 1 aliphatic carbocycles. The van der Waals surface area contributed by atoms with Crippen LogP contribution < -0.4 is 4.90 Å². The maximum absolute atomic E-state index is 2.63. The van der Waals surface area contributed by atoms with Gasteiger partial charge in [-0.2, -0.15) is 0 Å². The fourth-order valence-electron chi connectivity index (χ4n) is 6.30. The van der Waals surface area contributed by atoms with Crippen molar-refractivity contribution in [2.45, 2.75) is 85.1 Å². The summed E-state index contributed by atoms with van der Waals surface area (Å²) < 4.78 is 0. The summed E-state index contributed by atoms with van der Waals surface area (Å²) in [5.74, 6) is 0.813. The maximum Gasteiger partial charge on any atom is 0.0457 e. The smallest absolute Gasteiger partial charge is 0.0457 e. The van der Waals surface area contributed by atoms with Crippen LogP contribution in [0.5, 0.6) is 0 Å². The molecule has 0 radical (unpaired) electrons. The van der Waals surface area contributed by atoms with Crippen LogP contribution in [0.2, 0.25) is 0 Å². The van der Waals surface area contributed by atoms with E-state index < -0.39 is 0 Å². The zero-order valence-electron chi connectivity index (χ0n) is 24.7. The number of anilines is 2. The first-order valence-corrected chi connectivity index (χ1v) is 14.2. The minimum absolute atomic E-state index is 0.0352. The van der Waals surface area contributed by atoms with Crippen molar-refractivity contribution in [3.63, 3.8) is 0 Å². The predicted molar refractivity (Wildman–Crippen MR) is 166 cm³/mol. The Morgan fingerprint density at radius 1 is 0.579 bits per heavy atom. The van der Waals surface area contributed by atoms with Crippen LogP contribution in [-0.2, 0) is 5.41 Å². The van der Waals surface area contributed by atoms with Gasteiger partial charge in [-0.3, -0.25) is 0 Å². The van der Waals surface area contributed by atoms with E-state index in [-0.39, 0.29) is 11.0 Å². The molecule has 0 atom stereocenters. The second kappa shape index (κ2) is 9.45. The summed E-state index contributed by atoms with van der Waals surface area (Å²) >= 11 is 0. The predicted octanol–water partition coefficient (Wildman–Crippen LogP) is 10.8. The molecule has 0 fully saturated rings. The molecule has 0 bridgehead atoms. The van der Waals surface area contributed by atoms with Crippen LogP contribution in [0.4, 0.5) is 11.4 Å². The molecular weight excluding hydrogens is 458 g/mol. The van der Waals surface area contributed by atoms with E-state index in [9.17, 15) is 0 Å². The molecule has 1 heteroatoms. The summed E-state index contributed by atoms with van der Waals surface area (Å²) in [4.78, 5) is 2.63. The van der Waals surface area contributed by atoms with E-state index in [2.05, 4.69) is 152 Å². The molecule has 5 rings (SSSR count). The standard InChI is InChI=1S/C37H43N/c1-24(2)28-20-19-27(26-15-11-10-12-16-26)21-34(28)38(36(5,6)7)35-23-33-31(22-30(35)25(3)4)29-17-13-14-18-32(29)37(33,8)9/h10-25H,1-9H3. The van der Waals surface area contributed by atoms with Crippen LogP contribution in [0.1, 0.15) is 96.4 Å². The Bertz CT molecular complexity index is 1460. The number of fused-ring (bicyclic) bond motifs is 3. The molecule has 0 aromatic heterocycles. The van der Waals surface area contributed by atoms with E-state index in [0.29, 0.717) is 11.8 Å². The highest BCUT2D eigenvalue weighted by atomic mass is 15.2. The number of hydrogen-bond donors (Lipinski definition) is 0. The molecule has 0 N–H and O–H groups in total. The van der Waals surface area contributed by atoms with Crippen molar-refractivity contribution in [2.24, 2.45) is 0 Å². The van der Waals surface area contributed by atoms with Gasteiger partial charge in [-0.15, -0.1) is 0 Å². The van der Waals surface area contributed by atoms with Crippen molar-refractivity contribution in [2.75, 3.05) is 4.90 Å². The first kappa shape index (κ1) is 26.3. The first-order valence-electron chi connectivity index (χ1n) is 14.2. The van der Waals surface area contributed by atoms with E-state index in [4.69, 9.17) is 0 Å². The van der Waals surface area contributed by atoms with Crippen LogP contribution in [0.25, 0.3) is 22.3 Å². The molecule has 4 aromatic rings. The van der Waals surface area contributed by atoms with Crippen molar-refractivity contribution in [1.29, 1.82) is 0 Å². The lowest BCUT2D eigenvalue weighted by Gasteiger charge is -2.42. The van der Waals surface area contributed by atoms with Crippen LogP contribution >= 0.6 is 0 Å². The van der Waals surface area contributed by atoms with Gasteiger partial charge in [0.15, 0.2) is 0 Å². The molecular formula is C37H43N. The first-order chi connectivity index (χ1) is 17.9. The minimum atomic E-state index is -0.119. The highest BCUT2D eigenvalue weighted by Gasteiger charge is 2.38. The number of rotatable bonds is 5. The molecule has 0 heterocycles. The Morgan fingerprint density at radius 3 is 1.82 bits per heavy atom. The summed E-state index contributed by atoms with van der Waals surface area (Å²) in [6.07, 6.45) is 0. The third-order valence-electron chi connectivity index (χ3n) is 8.26. The second-order valence-electron chi connectivity index (χ2n) is 13.1. The third kappa shape index (κ3) is 4.37. The molecule has 0 saturated carbocycles. The SMILES string of the molecule is CC(C)c1ccc(-c2ccccc2)cc1N(c1cc2c(cc1C(C)C)-c1ccccc1C2(C)C)C(C)(C)C. The Labute approximate surface area is 230 Å². The Balaban J connectivity index is 1.81. The molecule has 0 unspecified atom stereocenters. The molecule has 196 valence electrons. The summed E-state index contributed by atoms with van der Waals surface area (Å²) in [6, 6.07) is 31.8. The Morgan fingerprint density at radius 2 is 1.18 bits per heavy atom. The number of nitrogens with zero attached hydrogens (tertiary/aromatic N) is 1. The van der Waals surface area contributed by atoms with E-state index >= 15 is 0 Å². The molecule has 0 amide bonds. The van der Waals surface area contributed by atoms with Crippen LogP contribution in [0.3, 0.4) is 0 Å². The lowest BCUT2D eigenvalue weighted by molar-refractivity contribution is 0.554. The average Bonchev–Trinajstić information content (AvgIpc) is 3.09. The van der Waals surface area contributed by atoms with Crippen molar-refractivity contribution in [1.82, 2.24) is 0 Å². The van der Waals surface area contributed by atoms with Crippen molar-refractivity contribution in [3.8, 4) is 22.3 Å². The molecule has 38 heavy (non-hydrogen) atoms. The summed E-state index contributed by atoms with van der Waals surface area (Å²) in [6.45, 7) is 21.1. The highest BCUT2D eigenvalue weighted by molar-refractivity contribution is 5.86. The third-order valence-corrected chi connectivity index (χ3v) is 8.26. The van der Waals surface area contributed by atoms with E-state index in [1.807, 2.05) is 0 Å². The molecule has 1 nitrogen and oxygen atoms in total. The summed E-state index contributed by atoms with van der Waals surface area (Å²) in [7, 11) is 0. The number of benzene rings is 4. The largest absolute Gasteiger partial charge is 0.336 e. The monoisotopic (exact) mass is 501 g/mol. The van der Waals surface area contributed by atoms with Crippen molar-refractivity contribution >= 4 is 11.4 Å². The average molecular weight is 502 g/mol. The van der Waals surface area contributed by atoms with Crippen LogP contribution in [-0.4, -0.2) is 5.54 Å². The lowest BCUT2D eigenvalue weighted by atomic mass is 9.81. The molecule has 0 aliphatic heterocycles. The molecule has 0 spiro atoms. The van der Waals surface area contributed by atoms with Crippen LogP contribution in [0, 0.1) is 0 Å². The van der Waals surface area contributed by atoms with Gasteiger partial charge in [0, 0.05) is 22.3 Å². The summed E-state index contributed by atoms with van der Waals surface area (Å²) in [5.41, 5.74) is 13.4. The van der Waals surface area contributed by atoms with E-state index in [1.165, 1.54) is 55.9 Å². The van der Waals surface area contributed by atoms with E-state index in [0.717, 1.165) is 0 Å². The van der Waals surface area contributed by atoms with Crippen molar-refractivity contribution in [3.05, 3.63) is 107 Å². The zero-order chi connectivity index (χ0) is 27.4. The van der Waals surface area contributed by atoms with Gasteiger partial charge >= 0.3 is 0 Å². The molecule has 1 aliphatic rings. The van der Waals surface area contributed by atoms with Gasteiger partial charge in [0.2, 0.25) is 0 Å². The molecule has 0 saturated heterocycles. The highest BCUT2D eigenvalue weighted by Crippen LogP contribution is 2.53. The summed E-state index contributed by atoms with van der Waals surface area (Å²) in [5, 5.41) is 0. The van der Waals surface area contributed by atoms with Gasteiger partial charge in [-0.05, 0) is 95.3 Å². The van der Waals surface area contributed by atoms with Crippen LogP contribution in [0.15, 0.2) is 84.9 Å².